The Bertz CT molecular complexity index is 208. The molecule has 1 aliphatic heterocycles. The molecule has 0 bridgehead atoms. The van der Waals surface area contributed by atoms with Gasteiger partial charge in [0.15, 0.2) is 0 Å². The van der Waals surface area contributed by atoms with Crippen LogP contribution in [0.5, 0.6) is 0 Å². The zero-order chi connectivity index (χ0) is 11.3. The molecule has 0 aromatic rings. The van der Waals surface area contributed by atoms with Crippen molar-refractivity contribution >= 4 is 6.03 Å². The molecule has 88 valence electrons. The Morgan fingerprint density at radius 3 is 2.27 bits per heavy atom. The minimum atomic E-state index is -0.302. The van der Waals surface area contributed by atoms with Crippen LogP contribution in [-0.4, -0.2) is 36.1 Å². The second-order valence-corrected chi connectivity index (χ2v) is 4.92. The van der Waals surface area contributed by atoms with Crippen LogP contribution < -0.4 is 11.1 Å². The number of carbonyl (C=O) groups is 1. The van der Waals surface area contributed by atoms with Crippen LogP contribution in [0, 0.1) is 0 Å². The molecule has 0 unspecified atom stereocenters. The van der Waals surface area contributed by atoms with Crippen LogP contribution >= 0.6 is 0 Å². The molecule has 0 aromatic carbocycles. The molecule has 0 aliphatic carbocycles. The fourth-order valence-corrected chi connectivity index (χ4v) is 1.69. The van der Waals surface area contributed by atoms with Crippen molar-refractivity contribution in [2.45, 2.75) is 45.1 Å². The highest BCUT2D eigenvalue weighted by Crippen LogP contribution is 2.10. The van der Waals surface area contributed by atoms with Gasteiger partial charge in [0.1, 0.15) is 0 Å². The van der Waals surface area contributed by atoms with Gasteiger partial charge in [-0.05, 0) is 26.7 Å². The number of urea groups is 1. The van der Waals surface area contributed by atoms with E-state index in [0.717, 1.165) is 25.9 Å². The number of hydrogen-bond acceptors (Lipinski definition) is 2. The van der Waals surface area contributed by atoms with Gasteiger partial charge in [0.2, 0.25) is 0 Å². The van der Waals surface area contributed by atoms with E-state index >= 15 is 0 Å². The zero-order valence-corrected chi connectivity index (χ0v) is 9.88. The SMILES string of the molecule is CC(C)(CN)NC(=O)N1CCCCCC1. The fraction of sp³-hybridized carbons (Fsp3) is 0.909. The molecule has 0 saturated carbocycles. The molecule has 4 nitrogen and oxygen atoms in total. The summed E-state index contributed by atoms with van der Waals surface area (Å²) in [6.45, 7) is 6.12. The first-order chi connectivity index (χ1) is 7.05. The standard InChI is InChI=1S/C11H23N3O/c1-11(2,9-12)13-10(15)14-7-5-3-4-6-8-14/h3-9,12H2,1-2H3,(H,13,15). The van der Waals surface area contributed by atoms with Crippen LogP contribution in [0.25, 0.3) is 0 Å². The Morgan fingerprint density at radius 1 is 1.27 bits per heavy atom. The van der Waals surface area contributed by atoms with Crippen molar-refractivity contribution in [3.8, 4) is 0 Å². The van der Waals surface area contributed by atoms with Crippen LogP contribution in [0.3, 0.4) is 0 Å². The van der Waals surface area contributed by atoms with Crippen molar-refractivity contribution in [2.75, 3.05) is 19.6 Å². The van der Waals surface area contributed by atoms with E-state index in [4.69, 9.17) is 5.73 Å². The Hall–Kier alpha value is -0.770. The molecule has 1 fully saturated rings. The maximum absolute atomic E-state index is 11.9. The van der Waals surface area contributed by atoms with Crippen molar-refractivity contribution in [2.24, 2.45) is 5.73 Å². The maximum Gasteiger partial charge on any atom is 0.317 e. The van der Waals surface area contributed by atoms with E-state index in [2.05, 4.69) is 5.32 Å². The van der Waals surface area contributed by atoms with Gasteiger partial charge in [0.05, 0.1) is 0 Å². The van der Waals surface area contributed by atoms with E-state index in [1.54, 1.807) is 0 Å². The Labute approximate surface area is 92.2 Å². The zero-order valence-electron chi connectivity index (χ0n) is 9.88. The first kappa shape index (κ1) is 12.3. The van der Waals surface area contributed by atoms with Gasteiger partial charge in [-0.3, -0.25) is 0 Å². The van der Waals surface area contributed by atoms with Gasteiger partial charge < -0.3 is 16.0 Å². The Morgan fingerprint density at radius 2 is 1.80 bits per heavy atom. The summed E-state index contributed by atoms with van der Waals surface area (Å²) in [5.74, 6) is 0. The highest BCUT2D eigenvalue weighted by molar-refractivity contribution is 5.75. The summed E-state index contributed by atoms with van der Waals surface area (Å²) in [5.41, 5.74) is 5.28. The molecule has 0 spiro atoms. The van der Waals surface area contributed by atoms with Gasteiger partial charge in [-0.25, -0.2) is 4.79 Å². The summed E-state index contributed by atoms with van der Waals surface area (Å²) in [5, 5.41) is 2.97. The van der Waals surface area contributed by atoms with E-state index in [0.29, 0.717) is 6.54 Å². The molecule has 0 aromatic heterocycles. The minimum absolute atomic E-state index is 0.0346. The third-order valence-corrected chi connectivity index (χ3v) is 2.85. The lowest BCUT2D eigenvalue weighted by Gasteiger charge is -2.29. The number of nitrogens with two attached hydrogens (primary N) is 1. The number of carbonyl (C=O) groups excluding carboxylic acids is 1. The van der Waals surface area contributed by atoms with Gasteiger partial charge in [-0.2, -0.15) is 0 Å². The molecule has 2 amide bonds. The van der Waals surface area contributed by atoms with Crippen LogP contribution in [0.4, 0.5) is 4.79 Å². The third-order valence-electron chi connectivity index (χ3n) is 2.85. The van der Waals surface area contributed by atoms with Crippen molar-refractivity contribution in [1.29, 1.82) is 0 Å². The van der Waals surface area contributed by atoms with Crippen molar-refractivity contribution in [3.63, 3.8) is 0 Å². The first-order valence-corrected chi connectivity index (χ1v) is 5.82. The lowest BCUT2D eigenvalue weighted by Crippen LogP contribution is -2.53. The number of hydrogen-bond donors (Lipinski definition) is 2. The summed E-state index contributed by atoms with van der Waals surface area (Å²) >= 11 is 0. The highest BCUT2D eigenvalue weighted by Gasteiger charge is 2.22. The van der Waals surface area contributed by atoms with Crippen molar-refractivity contribution < 1.29 is 4.79 Å². The van der Waals surface area contributed by atoms with E-state index in [1.807, 2.05) is 18.7 Å². The Balaban J connectivity index is 2.44. The molecule has 1 saturated heterocycles. The number of nitrogens with one attached hydrogen (secondary N) is 1. The Kier molecular flexibility index (Phi) is 4.39. The summed E-state index contributed by atoms with van der Waals surface area (Å²) in [6, 6.07) is 0.0346. The number of likely N-dealkylation sites (tertiary alicyclic amines) is 1. The van der Waals surface area contributed by atoms with Gasteiger partial charge in [0, 0.05) is 25.2 Å². The first-order valence-electron chi connectivity index (χ1n) is 5.82. The lowest BCUT2D eigenvalue weighted by atomic mass is 10.1. The number of nitrogens with zero attached hydrogens (tertiary/aromatic N) is 1. The number of amides is 2. The molecule has 1 aliphatic rings. The predicted molar refractivity (Wildman–Crippen MR) is 61.7 cm³/mol. The fourth-order valence-electron chi connectivity index (χ4n) is 1.69. The second kappa shape index (κ2) is 5.35. The van der Waals surface area contributed by atoms with Crippen molar-refractivity contribution in [3.05, 3.63) is 0 Å². The van der Waals surface area contributed by atoms with Crippen LogP contribution in [0.1, 0.15) is 39.5 Å². The van der Waals surface area contributed by atoms with Gasteiger partial charge in [-0.15, -0.1) is 0 Å². The monoisotopic (exact) mass is 213 g/mol. The lowest BCUT2D eigenvalue weighted by molar-refractivity contribution is 0.189. The van der Waals surface area contributed by atoms with Crippen molar-refractivity contribution in [1.82, 2.24) is 10.2 Å². The molecule has 1 heterocycles. The summed E-state index contributed by atoms with van der Waals surface area (Å²) in [6.07, 6.45) is 4.72. The smallest absolute Gasteiger partial charge is 0.317 e. The van der Waals surface area contributed by atoms with E-state index in [9.17, 15) is 4.79 Å². The quantitative estimate of drug-likeness (QED) is 0.726. The third kappa shape index (κ3) is 4.08. The molecule has 0 radical (unpaired) electrons. The molecule has 1 rings (SSSR count). The van der Waals surface area contributed by atoms with Gasteiger partial charge >= 0.3 is 6.03 Å². The van der Waals surface area contributed by atoms with E-state index in [-0.39, 0.29) is 11.6 Å². The highest BCUT2D eigenvalue weighted by atomic mass is 16.2. The summed E-state index contributed by atoms with van der Waals surface area (Å²) in [7, 11) is 0. The molecular weight excluding hydrogens is 190 g/mol. The molecule has 0 atom stereocenters. The summed E-state index contributed by atoms with van der Waals surface area (Å²) in [4.78, 5) is 13.8. The maximum atomic E-state index is 11.9. The van der Waals surface area contributed by atoms with Crippen LogP contribution in [0.2, 0.25) is 0 Å². The van der Waals surface area contributed by atoms with Crippen LogP contribution in [-0.2, 0) is 0 Å². The van der Waals surface area contributed by atoms with Gasteiger partial charge in [-0.1, -0.05) is 12.8 Å². The average molecular weight is 213 g/mol. The largest absolute Gasteiger partial charge is 0.332 e. The molecule has 3 N–H and O–H groups in total. The van der Waals surface area contributed by atoms with Gasteiger partial charge in [0.25, 0.3) is 0 Å². The second-order valence-electron chi connectivity index (χ2n) is 4.92. The molecular formula is C11H23N3O. The molecule has 15 heavy (non-hydrogen) atoms. The normalized spacial score (nSPS) is 18.5. The predicted octanol–water partition coefficient (Wildman–Crippen LogP) is 1.31. The molecule has 4 heteroatoms. The van der Waals surface area contributed by atoms with E-state index in [1.165, 1.54) is 12.8 Å². The average Bonchev–Trinajstić information content (AvgIpc) is 2.45. The van der Waals surface area contributed by atoms with Crippen LogP contribution in [0.15, 0.2) is 0 Å². The number of rotatable bonds is 2. The topological polar surface area (TPSA) is 58.4 Å². The summed E-state index contributed by atoms with van der Waals surface area (Å²) < 4.78 is 0. The van der Waals surface area contributed by atoms with E-state index < -0.39 is 0 Å². The minimum Gasteiger partial charge on any atom is -0.332 e.